The van der Waals surface area contributed by atoms with E-state index in [9.17, 15) is 14.7 Å². The summed E-state index contributed by atoms with van der Waals surface area (Å²) < 4.78 is 0. The van der Waals surface area contributed by atoms with Gasteiger partial charge in [-0.25, -0.2) is 0 Å². The second-order valence-electron chi connectivity index (χ2n) is 14.8. The number of rotatable bonds is 10. The van der Waals surface area contributed by atoms with Crippen LogP contribution in [0.15, 0.2) is 0 Å². The van der Waals surface area contributed by atoms with Crippen molar-refractivity contribution in [1.29, 1.82) is 0 Å². The fourth-order valence-electron chi connectivity index (χ4n) is 10.4. The maximum atomic E-state index is 12.5. The molecule has 4 nitrogen and oxygen atoms in total. The van der Waals surface area contributed by atoms with Crippen LogP contribution in [-0.4, -0.2) is 40.9 Å². The Kier molecular flexibility index (Phi) is 9.27. The van der Waals surface area contributed by atoms with E-state index in [0.29, 0.717) is 28.9 Å². The number of aliphatic hydroxyl groups excluding tert-OH is 1. The molecule has 5 fully saturated rings. The summed E-state index contributed by atoms with van der Waals surface area (Å²) in [4.78, 5) is 26.9. The van der Waals surface area contributed by atoms with Crippen molar-refractivity contribution in [3.63, 3.8) is 0 Å². The van der Waals surface area contributed by atoms with Crippen molar-refractivity contribution in [3.05, 3.63) is 0 Å². The predicted molar refractivity (Wildman–Crippen MR) is 154 cm³/mol. The van der Waals surface area contributed by atoms with Gasteiger partial charge in [0.25, 0.3) is 0 Å². The van der Waals surface area contributed by atoms with Gasteiger partial charge in [-0.3, -0.25) is 9.59 Å². The van der Waals surface area contributed by atoms with E-state index < -0.39 is 0 Å². The lowest BCUT2D eigenvalue weighted by Gasteiger charge is -2.62. The lowest BCUT2D eigenvalue weighted by molar-refractivity contribution is -0.156. The molecule has 1 aliphatic heterocycles. The van der Waals surface area contributed by atoms with Crippen LogP contribution in [0.4, 0.5) is 0 Å². The number of fused-ring (bicyclic) bond motifs is 5. The molecule has 4 heteroatoms. The number of carbonyl (C=O) groups excluding carboxylic acids is 2. The zero-order valence-electron chi connectivity index (χ0n) is 24.7. The highest BCUT2D eigenvalue weighted by molar-refractivity contribution is 5.79. The molecule has 1 heterocycles. The van der Waals surface area contributed by atoms with Crippen molar-refractivity contribution < 1.29 is 14.7 Å². The summed E-state index contributed by atoms with van der Waals surface area (Å²) in [6, 6.07) is 0. The molecule has 0 unspecified atom stereocenters. The molecule has 0 radical (unpaired) electrons. The van der Waals surface area contributed by atoms with Gasteiger partial charge in [0, 0.05) is 32.4 Å². The summed E-state index contributed by atoms with van der Waals surface area (Å²) in [6.45, 7) is 6.92. The quantitative estimate of drug-likeness (QED) is 0.296. The maximum absolute atomic E-state index is 12.5. The first-order valence-corrected chi connectivity index (χ1v) is 16.8. The Labute approximate surface area is 233 Å². The first-order valence-electron chi connectivity index (χ1n) is 16.8. The van der Waals surface area contributed by atoms with Gasteiger partial charge in [-0.2, -0.15) is 0 Å². The molecule has 8 atom stereocenters. The second-order valence-corrected chi connectivity index (χ2v) is 14.8. The van der Waals surface area contributed by atoms with E-state index in [-0.39, 0.29) is 11.5 Å². The van der Waals surface area contributed by atoms with Crippen molar-refractivity contribution in [2.24, 2.45) is 40.4 Å². The van der Waals surface area contributed by atoms with Crippen LogP contribution in [0.2, 0.25) is 0 Å². The van der Waals surface area contributed by atoms with Gasteiger partial charge in [0.2, 0.25) is 5.91 Å². The summed E-state index contributed by atoms with van der Waals surface area (Å²) in [6.07, 6.45) is 23.1. The maximum Gasteiger partial charge on any atom is 0.222 e. The molecule has 1 N–H and O–H groups in total. The summed E-state index contributed by atoms with van der Waals surface area (Å²) in [7, 11) is 0. The third-order valence-electron chi connectivity index (χ3n) is 12.8. The summed E-state index contributed by atoms with van der Waals surface area (Å²) in [5.74, 6) is 4.45. The SMILES string of the molecule is C[C@]12CCC(=O)C[C@@H]1C[C@@H](CCCCCCCCCC(=O)N1CCCCC1)[C@@H]1[C@@H]2CC[C@]2(C)[C@@H](O)CC[C@@H]12. The molecule has 38 heavy (non-hydrogen) atoms. The molecule has 5 rings (SSSR count). The number of piperidine rings is 1. The van der Waals surface area contributed by atoms with Crippen molar-refractivity contribution in [2.45, 2.75) is 148 Å². The standard InChI is InChI=1S/C34H57NO3/c1-33-19-17-27(36)24-26(33)23-25(32-28-15-16-30(37)34(28,2)20-18-29(32)33)13-9-6-4-3-5-7-10-14-31(38)35-21-11-8-12-22-35/h25-26,28-30,32,37H,3-24H2,1-2H3/t25-,26+,28+,29+,30+,32+,33+,34+/m1/s1. The van der Waals surface area contributed by atoms with E-state index in [0.717, 1.165) is 69.4 Å². The molecule has 216 valence electrons. The largest absolute Gasteiger partial charge is 0.393 e. The normalized spacial score (nSPS) is 40.9. The van der Waals surface area contributed by atoms with Crippen LogP contribution in [0.5, 0.6) is 0 Å². The second kappa shape index (κ2) is 12.3. The highest BCUT2D eigenvalue weighted by Crippen LogP contribution is 2.67. The topological polar surface area (TPSA) is 57.6 Å². The average Bonchev–Trinajstić information content (AvgIpc) is 3.22. The zero-order valence-corrected chi connectivity index (χ0v) is 24.7. The highest BCUT2D eigenvalue weighted by atomic mass is 16.3. The van der Waals surface area contributed by atoms with Crippen LogP contribution in [-0.2, 0) is 9.59 Å². The van der Waals surface area contributed by atoms with Crippen molar-refractivity contribution in [2.75, 3.05) is 13.1 Å². The van der Waals surface area contributed by atoms with Gasteiger partial charge in [0.15, 0.2) is 0 Å². The lowest BCUT2D eigenvalue weighted by atomic mass is 9.42. The number of aliphatic hydroxyl groups is 1. The van der Waals surface area contributed by atoms with Crippen LogP contribution < -0.4 is 0 Å². The van der Waals surface area contributed by atoms with Crippen LogP contribution in [0, 0.1) is 40.4 Å². The van der Waals surface area contributed by atoms with E-state index in [2.05, 4.69) is 18.7 Å². The van der Waals surface area contributed by atoms with E-state index in [1.54, 1.807) is 0 Å². The molecule has 1 amide bonds. The molecule has 4 aliphatic carbocycles. The number of likely N-dealkylation sites (tertiary alicyclic amines) is 1. The van der Waals surface area contributed by atoms with Crippen molar-refractivity contribution in [1.82, 2.24) is 4.90 Å². The van der Waals surface area contributed by atoms with Crippen LogP contribution in [0.1, 0.15) is 142 Å². The third kappa shape index (κ3) is 5.77. The number of unbranched alkanes of at least 4 members (excludes halogenated alkanes) is 6. The Hall–Kier alpha value is -0.900. The number of carbonyl (C=O) groups is 2. The molecule has 0 aromatic rings. The van der Waals surface area contributed by atoms with Crippen molar-refractivity contribution >= 4 is 11.7 Å². The fraction of sp³-hybridized carbons (Fsp3) is 0.941. The Bertz CT molecular complexity index is 821. The first kappa shape index (κ1) is 28.6. The highest BCUT2D eigenvalue weighted by Gasteiger charge is 2.62. The van der Waals surface area contributed by atoms with Gasteiger partial charge in [0.1, 0.15) is 5.78 Å². The molecule has 5 aliphatic rings. The Morgan fingerprint density at radius 3 is 2.32 bits per heavy atom. The lowest BCUT2D eigenvalue weighted by Crippen LogP contribution is -2.57. The summed E-state index contributed by atoms with van der Waals surface area (Å²) in [5, 5.41) is 11.0. The van der Waals surface area contributed by atoms with E-state index in [4.69, 9.17) is 0 Å². The number of Topliss-reactive ketones (excluding diaryl/α,β-unsaturated/α-hetero) is 1. The minimum Gasteiger partial charge on any atom is -0.393 e. The zero-order chi connectivity index (χ0) is 26.8. The smallest absolute Gasteiger partial charge is 0.222 e. The summed E-state index contributed by atoms with van der Waals surface area (Å²) in [5.41, 5.74) is 0.474. The van der Waals surface area contributed by atoms with Crippen LogP contribution in [0.3, 0.4) is 0 Å². The number of ketones is 1. The monoisotopic (exact) mass is 527 g/mol. The number of hydrogen-bond acceptors (Lipinski definition) is 3. The Balaban J connectivity index is 1.07. The van der Waals surface area contributed by atoms with E-state index >= 15 is 0 Å². The van der Waals surface area contributed by atoms with Gasteiger partial charge >= 0.3 is 0 Å². The molecule has 1 saturated heterocycles. The molecular formula is C34H57NO3. The molecule has 0 aromatic heterocycles. The molecule has 0 bridgehead atoms. The third-order valence-corrected chi connectivity index (χ3v) is 12.8. The van der Waals surface area contributed by atoms with Gasteiger partial charge in [0.05, 0.1) is 6.10 Å². The Morgan fingerprint density at radius 2 is 1.55 bits per heavy atom. The van der Waals surface area contributed by atoms with Gasteiger partial charge in [-0.05, 0) is 105 Å². The van der Waals surface area contributed by atoms with Gasteiger partial charge < -0.3 is 10.0 Å². The number of hydrogen-bond donors (Lipinski definition) is 1. The molecule has 0 spiro atoms. The van der Waals surface area contributed by atoms with E-state index in [1.165, 1.54) is 89.9 Å². The molecule has 0 aromatic carbocycles. The summed E-state index contributed by atoms with van der Waals surface area (Å²) >= 11 is 0. The van der Waals surface area contributed by atoms with Gasteiger partial charge in [-0.15, -0.1) is 0 Å². The minimum atomic E-state index is -0.109. The number of nitrogens with zero attached hydrogens (tertiary/aromatic N) is 1. The van der Waals surface area contributed by atoms with Crippen molar-refractivity contribution in [3.8, 4) is 0 Å². The number of amides is 1. The molecule has 4 saturated carbocycles. The minimum absolute atomic E-state index is 0.109. The van der Waals surface area contributed by atoms with Crippen LogP contribution >= 0.6 is 0 Å². The average molecular weight is 528 g/mol. The fourth-order valence-corrected chi connectivity index (χ4v) is 10.4. The first-order chi connectivity index (χ1) is 18.3. The predicted octanol–water partition coefficient (Wildman–Crippen LogP) is 7.71. The Morgan fingerprint density at radius 1 is 0.868 bits per heavy atom. The molecular weight excluding hydrogens is 470 g/mol. The van der Waals surface area contributed by atoms with Crippen LogP contribution in [0.25, 0.3) is 0 Å². The van der Waals surface area contributed by atoms with Gasteiger partial charge in [-0.1, -0.05) is 58.8 Å². The van der Waals surface area contributed by atoms with E-state index in [1.807, 2.05) is 0 Å².